The molecule has 0 saturated heterocycles. The maximum atomic E-state index is 12.2. The van der Waals surface area contributed by atoms with Gasteiger partial charge in [0.15, 0.2) is 5.82 Å². The molecule has 248 valence electrons. The molecule has 0 fully saturated rings. The highest BCUT2D eigenvalue weighted by Crippen LogP contribution is 2.43. The summed E-state index contributed by atoms with van der Waals surface area (Å²) in [6.45, 7) is 4.37. The first-order valence-electron chi connectivity index (χ1n) is 17.0. The third-order valence-electron chi connectivity index (χ3n) is 9.26. The largest absolute Gasteiger partial charge is 0.543 e. The van der Waals surface area contributed by atoms with Crippen LogP contribution < -0.4 is 5.11 Å². The highest BCUT2D eigenvalue weighted by atomic mass is 16.4. The molecule has 8 nitrogen and oxygen atoms in total. The van der Waals surface area contributed by atoms with Gasteiger partial charge in [-0.1, -0.05) is 153 Å². The SMILES string of the molecule is CCCc1nc(CC)c(C(=O)[O-])n1Cc1ccc(-c2ccccc2-c2nnnn2C(c2ccccc2)(c2ccccc2)c2ccccc2)cc1. The lowest BCUT2D eigenvalue weighted by Crippen LogP contribution is -2.39. The molecule has 0 bridgehead atoms. The molecule has 50 heavy (non-hydrogen) atoms. The molecule has 7 rings (SSSR count). The molecule has 0 spiro atoms. The first-order valence-corrected chi connectivity index (χ1v) is 17.0. The number of benzene rings is 5. The van der Waals surface area contributed by atoms with Crippen molar-refractivity contribution in [3.05, 3.63) is 179 Å². The third kappa shape index (κ3) is 5.79. The number of nitrogens with zero attached hydrogens (tertiary/aromatic N) is 6. The highest BCUT2D eigenvalue weighted by molar-refractivity contribution is 5.85. The fraction of sp³-hybridized carbons (Fsp3) is 0.167. The second-order valence-electron chi connectivity index (χ2n) is 12.3. The van der Waals surface area contributed by atoms with E-state index in [9.17, 15) is 9.90 Å². The monoisotopic (exact) mass is 657 g/mol. The minimum atomic E-state index is -1.20. The number of hydrogen-bond donors (Lipinski definition) is 0. The number of hydrogen-bond acceptors (Lipinski definition) is 6. The summed E-state index contributed by atoms with van der Waals surface area (Å²) in [5.74, 6) is 0.190. The van der Waals surface area contributed by atoms with E-state index in [0.717, 1.165) is 51.2 Å². The van der Waals surface area contributed by atoms with Crippen molar-refractivity contribution >= 4 is 5.97 Å². The van der Waals surface area contributed by atoms with E-state index in [4.69, 9.17) is 5.21 Å². The lowest BCUT2D eigenvalue weighted by molar-refractivity contribution is -0.255. The normalized spacial score (nSPS) is 11.5. The van der Waals surface area contributed by atoms with Crippen LogP contribution in [0, 0.1) is 0 Å². The zero-order valence-electron chi connectivity index (χ0n) is 28.1. The molecule has 0 amide bonds. The zero-order chi connectivity index (χ0) is 34.5. The number of aryl methyl sites for hydroxylation is 2. The molecule has 0 radical (unpaired) electrons. The minimum absolute atomic E-state index is 0.163. The van der Waals surface area contributed by atoms with Crippen molar-refractivity contribution in [1.82, 2.24) is 29.8 Å². The van der Waals surface area contributed by atoms with E-state index in [2.05, 4.69) is 82.9 Å². The van der Waals surface area contributed by atoms with Crippen LogP contribution in [0.3, 0.4) is 0 Å². The molecule has 0 N–H and O–H groups in total. The van der Waals surface area contributed by atoms with Crippen LogP contribution in [0.5, 0.6) is 0 Å². The summed E-state index contributed by atoms with van der Waals surface area (Å²) in [4.78, 5) is 16.8. The van der Waals surface area contributed by atoms with Gasteiger partial charge >= 0.3 is 0 Å². The highest BCUT2D eigenvalue weighted by Gasteiger charge is 2.42. The van der Waals surface area contributed by atoms with Gasteiger partial charge in [0.05, 0.1) is 17.4 Å². The van der Waals surface area contributed by atoms with Gasteiger partial charge in [-0.15, -0.1) is 5.10 Å². The van der Waals surface area contributed by atoms with Gasteiger partial charge in [0, 0.05) is 18.5 Å². The fourth-order valence-electron chi connectivity index (χ4n) is 7.00. The average molecular weight is 658 g/mol. The average Bonchev–Trinajstić information content (AvgIpc) is 3.79. The maximum Gasteiger partial charge on any atom is 0.184 e. The Bertz CT molecular complexity index is 2110. The molecule has 0 aliphatic heterocycles. The fourth-order valence-corrected chi connectivity index (χ4v) is 7.00. The molecular weight excluding hydrogens is 621 g/mol. The molecule has 0 aliphatic rings. The Hall–Kier alpha value is -6.15. The van der Waals surface area contributed by atoms with Gasteiger partial charge in [-0.2, -0.15) is 0 Å². The van der Waals surface area contributed by atoms with Crippen molar-refractivity contribution in [2.45, 2.75) is 45.2 Å². The van der Waals surface area contributed by atoms with Crippen molar-refractivity contribution in [1.29, 1.82) is 0 Å². The lowest BCUT2D eigenvalue weighted by Gasteiger charge is -2.36. The standard InChI is InChI=1S/C42H38N6O2/c1-3-16-38-43-37(4-2)39(41(49)50)47(38)29-30-25-27-31(28-26-30)35-23-14-15-24-36(35)40-44-45-46-48(40)42(32-17-8-5-9-18-32,33-19-10-6-11-20-33)34-21-12-7-13-22-34/h5-15,17-28H,3-4,16,29H2,1-2H3,(H,49,50)/p-1. The van der Waals surface area contributed by atoms with E-state index in [1.165, 1.54) is 0 Å². The summed E-state index contributed by atoms with van der Waals surface area (Å²) in [7, 11) is 0. The number of rotatable bonds is 12. The topological polar surface area (TPSA) is 102 Å². The van der Waals surface area contributed by atoms with Crippen molar-refractivity contribution < 1.29 is 9.90 Å². The molecule has 0 unspecified atom stereocenters. The molecular formula is C42H37N6O2-. The van der Waals surface area contributed by atoms with Crippen LogP contribution >= 0.6 is 0 Å². The maximum absolute atomic E-state index is 12.2. The first-order chi connectivity index (χ1) is 24.6. The number of imidazole rings is 1. The minimum Gasteiger partial charge on any atom is -0.543 e. The van der Waals surface area contributed by atoms with Crippen LogP contribution in [-0.4, -0.2) is 35.7 Å². The predicted molar refractivity (Wildman–Crippen MR) is 192 cm³/mol. The quantitative estimate of drug-likeness (QED) is 0.132. The van der Waals surface area contributed by atoms with Gasteiger partial charge in [0.2, 0.25) is 0 Å². The Kier molecular flexibility index (Phi) is 9.16. The van der Waals surface area contributed by atoms with Crippen LogP contribution in [0.25, 0.3) is 22.5 Å². The van der Waals surface area contributed by atoms with E-state index < -0.39 is 11.5 Å². The second-order valence-corrected chi connectivity index (χ2v) is 12.3. The van der Waals surface area contributed by atoms with Crippen LogP contribution in [-0.2, 0) is 24.9 Å². The number of carboxylic acids is 1. The van der Waals surface area contributed by atoms with E-state index in [1.54, 1.807) is 4.57 Å². The summed E-state index contributed by atoms with van der Waals surface area (Å²) in [5.41, 5.74) is 6.72. The number of tetrazole rings is 1. The number of carbonyl (C=O) groups is 1. The number of aromatic nitrogens is 6. The zero-order valence-corrected chi connectivity index (χ0v) is 28.1. The summed E-state index contributed by atoms with van der Waals surface area (Å²) in [5, 5.41) is 25.9. The number of carboxylic acid groups (broad SMARTS) is 1. The van der Waals surface area contributed by atoms with Crippen LogP contribution in [0.1, 0.15) is 64.5 Å². The van der Waals surface area contributed by atoms with Crippen LogP contribution in [0.2, 0.25) is 0 Å². The summed E-state index contributed by atoms with van der Waals surface area (Å²) < 4.78 is 3.74. The second kappa shape index (κ2) is 14.1. The Labute approximate surface area is 291 Å². The lowest BCUT2D eigenvalue weighted by atomic mass is 9.77. The summed E-state index contributed by atoms with van der Waals surface area (Å²) >= 11 is 0. The summed E-state index contributed by atoms with van der Waals surface area (Å²) in [6, 6.07) is 47.4. The van der Waals surface area contributed by atoms with Crippen LogP contribution in [0.4, 0.5) is 0 Å². The van der Waals surface area contributed by atoms with E-state index >= 15 is 0 Å². The Morgan fingerprint density at radius 1 is 0.700 bits per heavy atom. The molecule has 0 saturated carbocycles. The van der Waals surface area contributed by atoms with E-state index in [0.29, 0.717) is 30.9 Å². The van der Waals surface area contributed by atoms with Gasteiger partial charge in [0.25, 0.3) is 0 Å². The first kappa shape index (κ1) is 32.4. The molecule has 2 heterocycles. The molecule has 0 atom stereocenters. The van der Waals surface area contributed by atoms with Gasteiger partial charge in [-0.05, 0) is 56.6 Å². The van der Waals surface area contributed by atoms with Gasteiger partial charge in [-0.25, -0.2) is 9.67 Å². The van der Waals surface area contributed by atoms with Gasteiger partial charge < -0.3 is 14.5 Å². The third-order valence-corrected chi connectivity index (χ3v) is 9.26. The van der Waals surface area contributed by atoms with E-state index in [-0.39, 0.29) is 5.69 Å². The van der Waals surface area contributed by atoms with Gasteiger partial charge in [-0.3, -0.25) is 0 Å². The molecule has 5 aromatic carbocycles. The summed E-state index contributed by atoms with van der Waals surface area (Å²) in [6.07, 6.45) is 2.08. The van der Waals surface area contributed by atoms with Crippen molar-refractivity contribution in [2.75, 3.05) is 0 Å². The molecule has 2 aromatic heterocycles. The van der Waals surface area contributed by atoms with Crippen molar-refractivity contribution in [2.24, 2.45) is 0 Å². The number of aromatic carboxylic acids is 1. The van der Waals surface area contributed by atoms with Crippen molar-refractivity contribution in [3.63, 3.8) is 0 Å². The van der Waals surface area contributed by atoms with Crippen molar-refractivity contribution in [3.8, 4) is 22.5 Å². The Morgan fingerprint density at radius 2 is 1.24 bits per heavy atom. The Balaban J connectivity index is 1.34. The molecule has 0 aliphatic carbocycles. The van der Waals surface area contributed by atoms with E-state index in [1.807, 2.05) is 90.5 Å². The molecule has 8 heteroatoms. The van der Waals surface area contributed by atoms with Gasteiger partial charge in [0.1, 0.15) is 11.4 Å². The predicted octanol–water partition coefficient (Wildman–Crippen LogP) is 6.97. The number of carbonyl (C=O) groups excluding carboxylic acids is 1. The molecule has 7 aromatic rings. The van der Waals surface area contributed by atoms with Crippen LogP contribution in [0.15, 0.2) is 140 Å². The Morgan fingerprint density at radius 3 is 1.76 bits per heavy atom. The smallest absolute Gasteiger partial charge is 0.184 e.